The first-order chi connectivity index (χ1) is 11.7. The van der Waals surface area contributed by atoms with E-state index in [1.807, 2.05) is 37.4 Å². The maximum Gasteiger partial charge on any atom is 0.188 e. The van der Waals surface area contributed by atoms with Gasteiger partial charge in [-0.15, -0.1) is 5.10 Å². The zero-order valence-electron chi connectivity index (χ0n) is 14.1. The van der Waals surface area contributed by atoms with Gasteiger partial charge in [0, 0.05) is 19.8 Å². The lowest BCUT2D eigenvalue weighted by Gasteiger charge is -2.05. The van der Waals surface area contributed by atoms with E-state index in [2.05, 4.69) is 20.6 Å². The molecule has 1 aromatic heterocycles. The van der Waals surface area contributed by atoms with Crippen molar-refractivity contribution < 1.29 is 9.47 Å². The third-order valence-corrected chi connectivity index (χ3v) is 3.26. The fraction of sp³-hybridized carbons (Fsp3) is 0.438. The minimum atomic E-state index is 0.375. The summed E-state index contributed by atoms with van der Waals surface area (Å²) in [5.74, 6) is 1.19. The van der Waals surface area contributed by atoms with Crippen molar-refractivity contribution in [2.24, 2.45) is 10.7 Å². The van der Waals surface area contributed by atoms with Crippen molar-refractivity contribution in [1.82, 2.24) is 20.3 Å². The van der Waals surface area contributed by atoms with Crippen LogP contribution in [0.5, 0.6) is 5.75 Å². The van der Waals surface area contributed by atoms with Gasteiger partial charge in [0.05, 0.1) is 25.5 Å². The second-order valence-corrected chi connectivity index (χ2v) is 5.03. The zero-order valence-corrected chi connectivity index (χ0v) is 14.1. The number of ether oxygens (including phenoxy) is 2. The molecule has 2 aromatic rings. The Morgan fingerprint density at radius 1 is 1.33 bits per heavy atom. The van der Waals surface area contributed by atoms with Crippen molar-refractivity contribution in [1.29, 1.82) is 0 Å². The molecule has 24 heavy (non-hydrogen) atoms. The van der Waals surface area contributed by atoms with E-state index in [1.165, 1.54) is 0 Å². The van der Waals surface area contributed by atoms with E-state index < -0.39 is 0 Å². The molecule has 8 heteroatoms. The number of methoxy groups -OCH3 is 1. The van der Waals surface area contributed by atoms with Crippen LogP contribution in [0.2, 0.25) is 0 Å². The predicted octanol–water partition coefficient (Wildman–Crippen LogP) is 1.11. The SMILES string of the molecule is CCOCCCNC(N)=NCc1cn(-c2ccc(OC)cc2)nn1. The maximum atomic E-state index is 5.82. The van der Waals surface area contributed by atoms with Crippen molar-refractivity contribution in [2.75, 3.05) is 26.9 Å². The van der Waals surface area contributed by atoms with Crippen LogP contribution < -0.4 is 15.8 Å². The summed E-state index contributed by atoms with van der Waals surface area (Å²) in [6.45, 7) is 4.52. The van der Waals surface area contributed by atoms with Gasteiger partial charge >= 0.3 is 0 Å². The summed E-state index contributed by atoms with van der Waals surface area (Å²) >= 11 is 0. The molecule has 0 spiro atoms. The summed E-state index contributed by atoms with van der Waals surface area (Å²) in [6.07, 6.45) is 2.71. The first-order valence-corrected chi connectivity index (χ1v) is 7.90. The molecular formula is C16H24N6O2. The molecule has 0 saturated carbocycles. The number of aromatic nitrogens is 3. The van der Waals surface area contributed by atoms with E-state index in [0.29, 0.717) is 19.1 Å². The van der Waals surface area contributed by atoms with E-state index in [9.17, 15) is 0 Å². The van der Waals surface area contributed by atoms with Crippen molar-refractivity contribution in [3.8, 4) is 11.4 Å². The number of nitrogens with two attached hydrogens (primary N) is 1. The Kier molecular flexibility index (Phi) is 7.03. The first-order valence-electron chi connectivity index (χ1n) is 7.90. The van der Waals surface area contributed by atoms with Gasteiger partial charge in [0.2, 0.25) is 0 Å². The summed E-state index contributed by atoms with van der Waals surface area (Å²) < 4.78 is 12.1. The molecule has 0 atom stereocenters. The van der Waals surface area contributed by atoms with Gasteiger partial charge in [-0.1, -0.05) is 5.21 Å². The molecule has 130 valence electrons. The van der Waals surface area contributed by atoms with Gasteiger partial charge in [0.1, 0.15) is 11.4 Å². The lowest BCUT2D eigenvalue weighted by Crippen LogP contribution is -2.32. The zero-order chi connectivity index (χ0) is 17.2. The van der Waals surface area contributed by atoms with Crippen LogP contribution in [0.1, 0.15) is 19.0 Å². The lowest BCUT2D eigenvalue weighted by atomic mass is 10.3. The summed E-state index contributed by atoms with van der Waals surface area (Å²) in [5, 5.41) is 11.2. The molecule has 0 unspecified atom stereocenters. The minimum absolute atomic E-state index is 0.375. The number of nitrogens with one attached hydrogen (secondary N) is 1. The molecule has 0 fully saturated rings. The van der Waals surface area contributed by atoms with Crippen LogP contribution in [0.25, 0.3) is 5.69 Å². The second kappa shape index (κ2) is 9.51. The maximum absolute atomic E-state index is 5.82. The number of nitrogens with zero attached hydrogens (tertiary/aromatic N) is 4. The molecule has 0 aliphatic heterocycles. The molecule has 0 amide bonds. The summed E-state index contributed by atoms with van der Waals surface area (Å²) in [4.78, 5) is 4.25. The van der Waals surface area contributed by atoms with Gasteiger partial charge in [0.15, 0.2) is 5.96 Å². The average Bonchev–Trinajstić information content (AvgIpc) is 3.09. The van der Waals surface area contributed by atoms with Gasteiger partial charge in [-0.3, -0.25) is 0 Å². The minimum Gasteiger partial charge on any atom is -0.497 e. The normalized spacial score (nSPS) is 11.5. The van der Waals surface area contributed by atoms with E-state index in [4.69, 9.17) is 15.2 Å². The Labute approximate surface area is 141 Å². The first kappa shape index (κ1) is 17.7. The summed E-state index contributed by atoms with van der Waals surface area (Å²) in [5.41, 5.74) is 7.46. The molecule has 1 heterocycles. The Morgan fingerprint density at radius 3 is 2.83 bits per heavy atom. The molecule has 0 aliphatic carbocycles. The van der Waals surface area contributed by atoms with Crippen LogP contribution in [0.4, 0.5) is 0 Å². The topological polar surface area (TPSA) is 99.6 Å². The van der Waals surface area contributed by atoms with Crippen LogP contribution in [-0.4, -0.2) is 47.8 Å². The number of aliphatic imine (C=N–C) groups is 1. The third kappa shape index (κ3) is 5.54. The number of hydrogen-bond acceptors (Lipinski definition) is 5. The number of hydrogen-bond donors (Lipinski definition) is 2. The fourth-order valence-corrected chi connectivity index (χ4v) is 1.99. The Balaban J connectivity index is 1.83. The van der Waals surface area contributed by atoms with Gasteiger partial charge in [-0.25, -0.2) is 9.67 Å². The lowest BCUT2D eigenvalue weighted by molar-refractivity contribution is 0.145. The van der Waals surface area contributed by atoms with Crippen molar-refractivity contribution in [3.05, 3.63) is 36.2 Å². The largest absolute Gasteiger partial charge is 0.497 e. The van der Waals surface area contributed by atoms with Gasteiger partial charge in [0.25, 0.3) is 0 Å². The molecule has 0 radical (unpaired) electrons. The predicted molar refractivity (Wildman–Crippen MR) is 92.4 cm³/mol. The highest BCUT2D eigenvalue weighted by atomic mass is 16.5. The van der Waals surface area contributed by atoms with Crippen molar-refractivity contribution >= 4 is 5.96 Å². The van der Waals surface area contributed by atoms with E-state index in [1.54, 1.807) is 11.8 Å². The molecule has 0 bridgehead atoms. The molecule has 0 saturated heterocycles. The average molecular weight is 332 g/mol. The number of benzene rings is 1. The highest BCUT2D eigenvalue weighted by Crippen LogP contribution is 2.14. The molecule has 3 N–H and O–H groups in total. The molecule has 1 aromatic carbocycles. The van der Waals surface area contributed by atoms with Crippen LogP contribution >= 0.6 is 0 Å². The fourth-order valence-electron chi connectivity index (χ4n) is 1.99. The van der Waals surface area contributed by atoms with Crippen LogP contribution in [0.3, 0.4) is 0 Å². The Hall–Kier alpha value is -2.61. The second-order valence-electron chi connectivity index (χ2n) is 5.03. The Bertz CT molecular complexity index is 638. The standard InChI is InChI=1S/C16H24N6O2/c1-3-24-10-4-9-18-16(17)19-11-13-12-22(21-20-13)14-5-7-15(23-2)8-6-14/h5-8,12H,3-4,9-11H2,1-2H3,(H3,17,18,19). The third-order valence-electron chi connectivity index (χ3n) is 3.26. The number of guanidine groups is 1. The smallest absolute Gasteiger partial charge is 0.188 e. The summed E-state index contributed by atoms with van der Waals surface area (Å²) in [6, 6.07) is 7.57. The van der Waals surface area contributed by atoms with E-state index in [-0.39, 0.29) is 0 Å². The van der Waals surface area contributed by atoms with Crippen LogP contribution in [0.15, 0.2) is 35.5 Å². The van der Waals surface area contributed by atoms with Crippen molar-refractivity contribution in [3.63, 3.8) is 0 Å². The highest BCUT2D eigenvalue weighted by Gasteiger charge is 2.03. The molecule has 2 rings (SSSR count). The molecule has 8 nitrogen and oxygen atoms in total. The monoisotopic (exact) mass is 332 g/mol. The van der Waals surface area contributed by atoms with Gasteiger partial charge < -0.3 is 20.5 Å². The Morgan fingerprint density at radius 2 is 2.12 bits per heavy atom. The number of rotatable bonds is 9. The quantitative estimate of drug-likeness (QED) is 0.405. The van der Waals surface area contributed by atoms with E-state index in [0.717, 1.165) is 36.7 Å². The van der Waals surface area contributed by atoms with Crippen LogP contribution in [0, 0.1) is 0 Å². The molecule has 0 aliphatic rings. The van der Waals surface area contributed by atoms with E-state index >= 15 is 0 Å². The molecular weight excluding hydrogens is 308 g/mol. The van der Waals surface area contributed by atoms with Gasteiger partial charge in [-0.05, 0) is 37.6 Å². The highest BCUT2D eigenvalue weighted by molar-refractivity contribution is 5.77. The van der Waals surface area contributed by atoms with Crippen LogP contribution in [-0.2, 0) is 11.3 Å². The van der Waals surface area contributed by atoms with Gasteiger partial charge in [-0.2, -0.15) is 0 Å². The summed E-state index contributed by atoms with van der Waals surface area (Å²) in [7, 11) is 1.63. The van der Waals surface area contributed by atoms with Crippen molar-refractivity contribution in [2.45, 2.75) is 19.9 Å².